The van der Waals surface area contributed by atoms with Gasteiger partial charge in [-0.3, -0.25) is 0 Å². The highest BCUT2D eigenvalue weighted by molar-refractivity contribution is 5.54. The summed E-state index contributed by atoms with van der Waals surface area (Å²) in [6, 6.07) is 4.36. The highest BCUT2D eigenvalue weighted by Crippen LogP contribution is 2.48. The quantitative estimate of drug-likeness (QED) is 0.535. The second kappa shape index (κ2) is 9.35. The number of hydrogen-bond donors (Lipinski definition) is 0. The Morgan fingerprint density at radius 3 is 2.24 bits per heavy atom. The molecule has 0 unspecified atom stereocenters. The minimum atomic E-state index is 0.566. The Kier molecular flexibility index (Phi) is 7.46. The van der Waals surface area contributed by atoms with E-state index in [0.717, 1.165) is 41.9 Å². The van der Waals surface area contributed by atoms with Crippen molar-refractivity contribution < 1.29 is 14.2 Å². The Morgan fingerprint density at radius 2 is 1.72 bits per heavy atom. The van der Waals surface area contributed by atoms with E-state index in [1.54, 1.807) is 14.2 Å². The highest BCUT2D eigenvalue weighted by atomic mass is 16.5. The fraction of sp³-hybridized carbons (Fsp3) is 0.727. The van der Waals surface area contributed by atoms with Crippen molar-refractivity contribution in [2.24, 2.45) is 17.8 Å². The average Bonchev–Trinajstić information content (AvgIpc) is 2.61. The predicted octanol–water partition coefficient (Wildman–Crippen LogP) is 6.06. The lowest BCUT2D eigenvalue weighted by Gasteiger charge is -2.38. The molecule has 3 nitrogen and oxygen atoms in total. The Hall–Kier alpha value is -1.38. The topological polar surface area (TPSA) is 27.7 Å². The van der Waals surface area contributed by atoms with Gasteiger partial charge in [0.2, 0.25) is 5.75 Å². The van der Waals surface area contributed by atoms with Crippen LogP contribution in [0.2, 0.25) is 0 Å². The van der Waals surface area contributed by atoms with Gasteiger partial charge in [0, 0.05) is 0 Å². The van der Waals surface area contributed by atoms with Crippen LogP contribution in [0, 0.1) is 17.8 Å². The lowest BCUT2D eigenvalue weighted by atomic mass is 9.67. The molecule has 0 N–H and O–H groups in total. The summed E-state index contributed by atoms with van der Waals surface area (Å²) in [6.07, 6.45) is 6.03. The molecule has 0 bridgehead atoms. The first-order valence-corrected chi connectivity index (χ1v) is 9.90. The minimum absolute atomic E-state index is 0.566. The molecule has 0 heterocycles. The third-order valence-electron chi connectivity index (χ3n) is 5.68. The van der Waals surface area contributed by atoms with E-state index >= 15 is 0 Å². The lowest BCUT2D eigenvalue weighted by Crippen LogP contribution is -2.26. The molecule has 2 rings (SSSR count). The lowest BCUT2D eigenvalue weighted by molar-refractivity contribution is 0.196. The van der Waals surface area contributed by atoms with E-state index in [0.29, 0.717) is 18.4 Å². The van der Waals surface area contributed by atoms with Crippen molar-refractivity contribution >= 4 is 0 Å². The van der Waals surface area contributed by atoms with Crippen LogP contribution >= 0.6 is 0 Å². The van der Waals surface area contributed by atoms with Gasteiger partial charge in [-0.1, -0.05) is 40.5 Å². The molecule has 1 saturated carbocycles. The Bertz CT molecular complexity index is 513. The number of rotatable bonds is 8. The smallest absolute Gasteiger partial charge is 0.203 e. The Balaban J connectivity index is 2.36. The van der Waals surface area contributed by atoms with E-state index in [-0.39, 0.29) is 0 Å². The summed E-state index contributed by atoms with van der Waals surface area (Å²) in [5.41, 5.74) is 1.33. The maximum atomic E-state index is 5.98. The molecule has 1 aliphatic carbocycles. The van der Waals surface area contributed by atoms with Gasteiger partial charge in [0.15, 0.2) is 11.5 Å². The van der Waals surface area contributed by atoms with Crippen molar-refractivity contribution in [2.45, 2.75) is 65.7 Å². The third-order valence-corrected chi connectivity index (χ3v) is 5.68. The Morgan fingerprint density at radius 1 is 1.08 bits per heavy atom. The molecule has 1 fully saturated rings. The van der Waals surface area contributed by atoms with Crippen LogP contribution in [0.25, 0.3) is 0 Å². The van der Waals surface area contributed by atoms with Gasteiger partial charge < -0.3 is 14.2 Å². The zero-order valence-corrected chi connectivity index (χ0v) is 16.9. The SMILES string of the molecule is CCCCOc1c(OC)cc([C@@H]2C[C@H](C)CC[C@H]2C(C)C)cc1OC. The van der Waals surface area contributed by atoms with Gasteiger partial charge in [0.05, 0.1) is 20.8 Å². The van der Waals surface area contributed by atoms with E-state index in [4.69, 9.17) is 14.2 Å². The number of methoxy groups -OCH3 is 2. The zero-order valence-electron chi connectivity index (χ0n) is 16.9. The van der Waals surface area contributed by atoms with Gasteiger partial charge in [-0.15, -0.1) is 0 Å². The van der Waals surface area contributed by atoms with E-state index in [1.807, 2.05) is 0 Å². The van der Waals surface area contributed by atoms with Crippen LogP contribution in [0.3, 0.4) is 0 Å². The summed E-state index contributed by atoms with van der Waals surface area (Å²) in [4.78, 5) is 0. The molecular weight excluding hydrogens is 312 g/mol. The molecule has 1 aromatic carbocycles. The molecule has 0 spiro atoms. The fourth-order valence-electron chi connectivity index (χ4n) is 4.16. The van der Waals surface area contributed by atoms with Crippen LogP contribution in [0.1, 0.15) is 71.3 Å². The normalized spacial score (nSPS) is 23.6. The van der Waals surface area contributed by atoms with Crippen LogP contribution in [0.15, 0.2) is 12.1 Å². The van der Waals surface area contributed by atoms with Gasteiger partial charge in [-0.05, 0) is 60.6 Å². The second-order valence-corrected chi connectivity index (χ2v) is 7.89. The average molecular weight is 349 g/mol. The second-order valence-electron chi connectivity index (χ2n) is 7.89. The van der Waals surface area contributed by atoms with Crippen molar-refractivity contribution in [1.82, 2.24) is 0 Å². The standard InChI is InChI=1S/C22H36O3/c1-7-8-11-25-22-20(23-5)13-17(14-21(22)24-6)19-12-16(4)9-10-18(19)15(2)3/h13-16,18-19H,7-12H2,1-6H3/t16-,18+,19+/m1/s1. The Labute approximate surface area is 154 Å². The van der Waals surface area contributed by atoms with Crippen molar-refractivity contribution in [3.8, 4) is 17.2 Å². The summed E-state index contributed by atoms with van der Waals surface area (Å²) < 4.78 is 17.3. The first-order chi connectivity index (χ1) is 12.0. The summed E-state index contributed by atoms with van der Waals surface area (Å²) in [5.74, 6) is 5.09. The molecule has 3 heteroatoms. The van der Waals surface area contributed by atoms with Gasteiger partial charge in [0.1, 0.15) is 0 Å². The van der Waals surface area contributed by atoms with Crippen molar-refractivity contribution in [2.75, 3.05) is 20.8 Å². The summed E-state index contributed by atoms with van der Waals surface area (Å²) >= 11 is 0. The van der Waals surface area contributed by atoms with Crippen molar-refractivity contribution in [3.05, 3.63) is 17.7 Å². The zero-order chi connectivity index (χ0) is 18.4. The summed E-state index contributed by atoms with van der Waals surface area (Å²) in [7, 11) is 3.43. The van der Waals surface area contributed by atoms with Crippen molar-refractivity contribution in [3.63, 3.8) is 0 Å². The monoisotopic (exact) mass is 348 g/mol. The van der Waals surface area contributed by atoms with Crippen LogP contribution in [0.4, 0.5) is 0 Å². The molecule has 1 aliphatic rings. The van der Waals surface area contributed by atoms with Crippen LogP contribution in [-0.2, 0) is 0 Å². The molecule has 3 atom stereocenters. The van der Waals surface area contributed by atoms with Gasteiger partial charge >= 0.3 is 0 Å². The maximum Gasteiger partial charge on any atom is 0.203 e. The first-order valence-electron chi connectivity index (χ1n) is 9.90. The molecule has 0 aromatic heterocycles. The molecule has 25 heavy (non-hydrogen) atoms. The molecule has 0 radical (unpaired) electrons. The fourth-order valence-corrected chi connectivity index (χ4v) is 4.16. The predicted molar refractivity (Wildman–Crippen MR) is 104 cm³/mol. The molecule has 0 saturated heterocycles. The molecule has 0 aliphatic heterocycles. The largest absolute Gasteiger partial charge is 0.493 e. The highest BCUT2D eigenvalue weighted by Gasteiger charge is 2.33. The first kappa shape index (κ1) is 19.9. The summed E-state index contributed by atoms with van der Waals surface area (Å²) in [5, 5.41) is 0. The van der Waals surface area contributed by atoms with E-state index in [9.17, 15) is 0 Å². The third kappa shape index (κ3) is 4.83. The van der Waals surface area contributed by atoms with E-state index in [2.05, 4.69) is 39.8 Å². The summed E-state index contributed by atoms with van der Waals surface area (Å²) in [6.45, 7) is 9.93. The van der Waals surface area contributed by atoms with Gasteiger partial charge in [0.25, 0.3) is 0 Å². The van der Waals surface area contributed by atoms with E-state index in [1.165, 1.54) is 24.8 Å². The number of unbranched alkanes of at least 4 members (excludes halogenated alkanes) is 1. The molecule has 0 amide bonds. The molecule has 1 aromatic rings. The van der Waals surface area contributed by atoms with E-state index < -0.39 is 0 Å². The van der Waals surface area contributed by atoms with Crippen molar-refractivity contribution in [1.29, 1.82) is 0 Å². The molecule has 142 valence electrons. The van der Waals surface area contributed by atoms with Gasteiger partial charge in [-0.2, -0.15) is 0 Å². The van der Waals surface area contributed by atoms with Crippen LogP contribution in [0.5, 0.6) is 17.2 Å². The number of ether oxygens (including phenoxy) is 3. The van der Waals surface area contributed by atoms with Crippen LogP contribution < -0.4 is 14.2 Å². The maximum absolute atomic E-state index is 5.98. The number of hydrogen-bond acceptors (Lipinski definition) is 3. The van der Waals surface area contributed by atoms with Gasteiger partial charge in [-0.25, -0.2) is 0 Å². The van der Waals surface area contributed by atoms with Crippen LogP contribution in [-0.4, -0.2) is 20.8 Å². The minimum Gasteiger partial charge on any atom is -0.493 e. The number of benzene rings is 1. The molecular formula is C22H36O3.